The quantitative estimate of drug-likeness (QED) is 0.775. The van der Waals surface area contributed by atoms with Crippen LogP contribution < -0.4 is 9.47 Å². The van der Waals surface area contributed by atoms with Crippen LogP contribution in [0.1, 0.15) is 22.8 Å². The molecule has 0 saturated carbocycles. The van der Waals surface area contributed by atoms with Gasteiger partial charge in [0.1, 0.15) is 0 Å². The van der Waals surface area contributed by atoms with E-state index in [-0.39, 0.29) is 5.91 Å². The second-order valence-corrected chi connectivity index (χ2v) is 5.80. The van der Waals surface area contributed by atoms with Gasteiger partial charge in [-0.25, -0.2) is 4.98 Å². The fourth-order valence-corrected chi connectivity index (χ4v) is 3.03. The Kier molecular flexibility index (Phi) is 5.02. The normalized spacial score (nSPS) is 14.1. The zero-order valence-electron chi connectivity index (χ0n) is 15.3. The first-order valence-corrected chi connectivity index (χ1v) is 8.24. The molecule has 0 N–H and O–H groups in total. The zero-order valence-corrected chi connectivity index (χ0v) is 15.3. The van der Waals surface area contributed by atoms with E-state index in [0.717, 1.165) is 22.4 Å². The van der Waals surface area contributed by atoms with Crippen molar-refractivity contribution in [1.29, 1.82) is 0 Å². The molecule has 6 nitrogen and oxygen atoms in total. The average Bonchev–Trinajstić information content (AvgIpc) is 3.01. The SMILES string of the molecule is C/C=C(\C=NC)N1Cc2cc(-c3cnc(OC)c(OC)c3)ccc2C1=O. The number of allylic oxidation sites excluding steroid dienone is 2. The number of methoxy groups -OCH3 is 2. The summed E-state index contributed by atoms with van der Waals surface area (Å²) in [5, 5.41) is 0. The van der Waals surface area contributed by atoms with Crippen LogP contribution in [0.25, 0.3) is 11.1 Å². The Morgan fingerprint density at radius 3 is 2.69 bits per heavy atom. The highest BCUT2D eigenvalue weighted by atomic mass is 16.5. The van der Waals surface area contributed by atoms with Gasteiger partial charge in [-0.2, -0.15) is 0 Å². The van der Waals surface area contributed by atoms with Gasteiger partial charge in [0, 0.05) is 30.6 Å². The molecule has 1 aromatic carbocycles. The van der Waals surface area contributed by atoms with Crippen LogP contribution in [0.4, 0.5) is 0 Å². The molecule has 0 unspecified atom stereocenters. The minimum absolute atomic E-state index is 0.00927. The molecule has 2 heterocycles. The average molecular weight is 351 g/mol. The number of carbonyl (C=O) groups excluding carboxylic acids is 1. The molecule has 134 valence electrons. The number of aromatic nitrogens is 1. The molecule has 1 amide bonds. The van der Waals surface area contributed by atoms with Crippen LogP contribution >= 0.6 is 0 Å². The van der Waals surface area contributed by atoms with Crippen molar-refractivity contribution >= 4 is 12.1 Å². The molecule has 0 spiro atoms. The molecule has 26 heavy (non-hydrogen) atoms. The molecule has 0 fully saturated rings. The van der Waals surface area contributed by atoms with Crippen molar-refractivity contribution in [1.82, 2.24) is 9.88 Å². The number of hydrogen-bond acceptors (Lipinski definition) is 5. The summed E-state index contributed by atoms with van der Waals surface area (Å²) in [6.07, 6.45) is 5.32. The molecule has 1 aromatic heterocycles. The number of rotatable bonds is 5. The van der Waals surface area contributed by atoms with E-state index >= 15 is 0 Å². The molecule has 1 aliphatic heterocycles. The second-order valence-electron chi connectivity index (χ2n) is 5.80. The number of pyridine rings is 1. The summed E-state index contributed by atoms with van der Waals surface area (Å²) in [4.78, 5) is 22.7. The van der Waals surface area contributed by atoms with Crippen LogP contribution in [0.2, 0.25) is 0 Å². The number of hydrogen-bond donors (Lipinski definition) is 0. The van der Waals surface area contributed by atoms with Gasteiger partial charge in [-0.05, 0) is 36.2 Å². The number of nitrogens with zero attached hydrogens (tertiary/aromatic N) is 3. The highest BCUT2D eigenvalue weighted by Crippen LogP contribution is 2.33. The first kappa shape index (κ1) is 17.7. The zero-order chi connectivity index (χ0) is 18.7. The van der Waals surface area contributed by atoms with E-state index in [1.54, 1.807) is 38.6 Å². The van der Waals surface area contributed by atoms with Crippen molar-refractivity contribution in [2.45, 2.75) is 13.5 Å². The van der Waals surface area contributed by atoms with E-state index in [1.807, 2.05) is 37.3 Å². The topological polar surface area (TPSA) is 64.0 Å². The van der Waals surface area contributed by atoms with Crippen molar-refractivity contribution in [2.75, 3.05) is 21.3 Å². The van der Waals surface area contributed by atoms with E-state index in [0.29, 0.717) is 23.7 Å². The van der Waals surface area contributed by atoms with Crippen molar-refractivity contribution in [2.24, 2.45) is 4.99 Å². The standard InChI is InChI=1S/C20H21N3O3/c1-5-16(11-21-2)23-12-15-8-13(6-7-17(15)20(23)24)14-9-18(25-3)19(26-4)22-10-14/h5-11H,12H2,1-4H3/b16-5+,21-11?. The van der Waals surface area contributed by atoms with Crippen molar-refractivity contribution in [3.8, 4) is 22.8 Å². The van der Waals surface area contributed by atoms with Gasteiger partial charge < -0.3 is 14.4 Å². The van der Waals surface area contributed by atoms with Crippen molar-refractivity contribution < 1.29 is 14.3 Å². The summed E-state index contributed by atoms with van der Waals surface area (Å²) in [5.74, 6) is 0.999. The number of amides is 1. The predicted octanol–water partition coefficient (Wildman–Crippen LogP) is 3.33. The maximum Gasteiger partial charge on any atom is 0.258 e. The number of ether oxygens (including phenoxy) is 2. The first-order chi connectivity index (χ1) is 12.6. The van der Waals surface area contributed by atoms with Gasteiger partial charge in [-0.3, -0.25) is 9.79 Å². The summed E-state index contributed by atoms with van der Waals surface area (Å²) in [6.45, 7) is 2.42. The molecule has 0 aliphatic carbocycles. The minimum atomic E-state index is -0.00927. The lowest BCUT2D eigenvalue weighted by molar-refractivity contribution is 0.0834. The van der Waals surface area contributed by atoms with Crippen LogP contribution in [0.5, 0.6) is 11.6 Å². The Morgan fingerprint density at radius 2 is 2.04 bits per heavy atom. The smallest absolute Gasteiger partial charge is 0.258 e. The van der Waals surface area contributed by atoms with E-state index in [4.69, 9.17) is 9.47 Å². The highest BCUT2D eigenvalue weighted by Gasteiger charge is 2.29. The number of aliphatic imine (C=N–C) groups is 1. The van der Waals surface area contributed by atoms with Crippen molar-refractivity contribution in [3.63, 3.8) is 0 Å². The summed E-state index contributed by atoms with van der Waals surface area (Å²) < 4.78 is 10.5. The van der Waals surface area contributed by atoms with Crippen molar-refractivity contribution in [3.05, 3.63) is 53.4 Å². The molecular formula is C20H21N3O3. The Bertz CT molecular complexity index is 903. The monoisotopic (exact) mass is 351 g/mol. The fraction of sp³-hybridized carbons (Fsp3) is 0.250. The van der Waals surface area contributed by atoms with Crippen LogP contribution in [0.3, 0.4) is 0 Å². The highest BCUT2D eigenvalue weighted by molar-refractivity contribution is 6.02. The Balaban J connectivity index is 1.96. The molecule has 3 rings (SSSR count). The third-order valence-corrected chi connectivity index (χ3v) is 4.34. The molecule has 0 saturated heterocycles. The third-order valence-electron chi connectivity index (χ3n) is 4.34. The minimum Gasteiger partial charge on any atom is -0.491 e. The van der Waals surface area contributed by atoms with Crippen LogP contribution in [-0.2, 0) is 6.54 Å². The Morgan fingerprint density at radius 1 is 1.23 bits per heavy atom. The molecule has 6 heteroatoms. The third kappa shape index (κ3) is 3.06. The Labute approximate surface area is 152 Å². The van der Waals surface area contributed by atoms with Gasteiger partial charge in [-0.15, -0.1) is 0 Å². The number of carbonyl (C=O) groups is 1. The van der Waals surface area contributed by atoms with Crippen LogP contribution in [-0.4, -0.2) is 43.3 Å². The lowest BCUT2D eigenvalue weighted by Crippen LogP contribution is -2.23. The van der Waals surface area contributed by atoms with Gasteiger partial charge in [-0.1, -0.05) is 12.1 Å². The lowest BCUT2D eigenvalue weighted by Gasteiger charge is -2.15. The number of benzene rings is 1. The largest absolute Gasteiger partial charge is 0.491 e. The maximum absolute atomic E-state index is 12.7. The number of fused-ring (bicyclic) bond motifs is 1. The lowest BCUT2D eigenvalue weighted by atomic mass is 10.0. The van der Waals surface area contributed by atoms with E-state index in [9.17, 15) is 4.79 Å². The maximum atomic E-state index is 12.7. The van der Waals surface area contributed by atoms with Crippen LogP contribution in [0.15, 0.2) is 47.2 Å². The summed E-state index contributed by atoms with van der Waals surface area (Å²) in [7, 11) is 4.83. The van der Waals surface area contributed by atoms with E-state index in [2.05, 4.69) is 9.98 Å². The fourth-order valence-electron chi connectivity index (χ4n) is 3.03. The summed E-state index contributed by atoms with van der Waals surface area (Å²) in [5.41, 5.74) is 4.36. The van der Waals surface area contributed by atoms with E-state index in [1.165, 1.54) is 0 Å². The molecule has 0 radical (unpaired) electrons. The molecule has 1 aliphatic rings. The molecule has 0 atom stereocenters. The molecule has 0 bridgehead atoms. The molecular weight excluding hydrogens is 330 g/mol. The van der Waals surface area contributed by atoms with Gasteiger partial charge in [0.05, 0.1) is 26.5 Å². The summed E-state index contributed by atoms with van der Waals surface area (Å²) >= 11 is 0. The second kappa shape index (κ2) is 7.39. The van der Waals surface area contributed by atoms with Gasteiger partial charge >= 0.3 is 0 Å². The van der Waals surface area contributed by atoms with E-state index < -0.39 is 0 Å². The molecule has 2 aromatic rings. The predicted molar refractivity (Wildman–Crippen MR) is 101 cm³/mol. The van der Waals surface area contributed by atoms with Gasteiger partial charge in [0.25, 0.3) is 11.8 Å². The summed E-state index contributed by atoms with van der Waals surface area (Å²) in [6, 6.07) is 7.68. The van der Waals surface area contributed by atoms with Gasteiger partial charge in [0.15, 0.2) is 5.75 Å². The Hall–Kier alpha value is -3.15. The van der Waals surface area contributed by atoms with Gasteiger partial charge in [0.2, 0.25) is 0 Å². The first-order valence-electron chi connectivity index (χ1n) is 8.24. The van der Waals surface area contributed by atoms with Crippen LogP contribution in [0, 0.1) is 0 Å².